The van der Waals surface area contributed by atoms with Crippen LogP contribution in [0.2, 0.25) is 10.0 Å². The van der Waals surface area contributed by atoms with E-state index in [1.165, 1.54) is 0 Å². The molecule has 5 nitrogen and oxygen atoms in total. The number of benzene rings is 2. The summed E-state index contributed by atoms with van der Waals surface area (Å²) >= 11 is 12.1. The van der Waals surface area contributed by atoms with Crippen LogP contribution in [0.5, 0.6) is 0 Å². The fraction of sp³-hybridized carbons (Fsp3) is 0.318. The van der Waals surface area contributed by atoms with Gasteiger partial charge in [-0.25, -0.2) is 8.42 Å². The third-order valence-electron chi connectivity index (χ3n) is 4.96. The predicted molar refractivity (Wildman–Crippen MR) is 123 cm³/mol. The van der Waals surface area contributed by atoms with Crippen LogP contribution in [0.25, 0.3) is 0 Å². The molecule has 0 bridgehead atoms. The molecular weight excluding hydrogens is 441 g/mol. The molecule has 160 valence electrons. The Morgan fingerprint density at radius 3 is 2.20 bits per heavy atom. The van der Waals surface area contributed by atoms with Crippen LogP contribution in [0.4, 0.5) is 5.69 Å². The number of anilines is 1. The molecule has 0 atom stereocenters. The Kier molecular flexibility index (Phi) is 6.23. The molecule has 3 rings (SSSR count). The van der Waals surface area contributed by atoms with Gasteiger partial charge in [-0.05, 0) is 54.7 Å². The number of rotatable bonds is 5. The molecule has 8 heteroatoms. The summed E-state index contributed by atoms with van der Waals surface area (Å²) in [5.74, 6) is 0. The maximum absolute atomic E-state index is 12.9. The Morgan fingerprint density at radius 2 is 1.63 bits per heavy atom. The average molecular weight is 466 g/mol. The van der Waals surface area contributed by atoms with E-state index in [0.717, 1.165) is 11.1 Å². The van der Waals surface area contributed by atoms with Gasteiger partial charge < -0.3 is 0 Å². The van der Waals surface area contributed by atoms with Gasteiger partial charge in [-0.3, -0.25) is 9.40 Å². The summed E-state index contributed by atoms with van der Waals surface area (Å²) in [4.78, 5) is 0.214. The average Bonchev–Trinajstić information content (AvgIpc) is 2.91. The van der Waals surface area contributed by atoms with Crippen molar-refractivity contribution in [3.05, 3.63) is 75.0 Å². The second-order valence-corrected chi connectivity index (χ2v) is 10.8. The molecule has 0 aliphatic carbocycles. The van der Waals surface area contributed by atoms with Crippen LogP contribution in [0.15, 0.2) is 47.4 Å². The molecule has 1 heterocycles. The molecular formula is C22H25Cl2N3O2S. The summed E-state index contributed by atoms with van der Waals surface area (Å²) in [5, 5.41) is 5.45. The van der Waals surface area contributed by atoms with Crippen LogP contribution in [-0.4, -0.2) is 18.2 Å². The minimum Gasteiger partial charge on any atom is -0.276 e. The van der Waals surface area contributed by atoms with Crippen LogP contribution >= 0.6 is 23.2 Å². The molecule has 0 saturated carbocycles. The molecule has 0 saturated heterocycles. The molecule has 0 fully saturated rings. The van der Waals surface area contributed by atoms with E-state index in [2.05, 4.69) is 30.6 Å². The van der Waals surface area contributed by atoms with Gasteiger partial charge in [0.05, 0.1) is 38.6 Å². The summed E-state index contributed by atoms with van der Waals surface area (Å²) in [5.41, 5.74) is 3.74. The van der Waals surface area contributed by atoms with E-state index in [4.69, 9.17) is 23.2 Å². The Hall–Kier alpha value is -2.02. The van der Waals surface area contributed by atoms with Gasteiger partial charge in [0.25, 0.3) is 10.0 Å². The molecule has 0 spiro atoms. The molecule has 3 aromatic rings. The third-order valence-corrected chi connectivity index (χ3v) is 7.07. The second-order valence-electron chi connectivity index (χ2n) is 8.33. The Morgan fingerprint density at radius 1 is 1.00 bits per heavy atom. The van der Waals surface area contributed by atoms with E-state index in [1.807, 2.05) is 25.1 Å². The number of hydrogen-bond acceptors (Lipinski definition) is 3. The number of halogens is 2. The smallest absolute Gasteiger partial charge is 0.262 e. The molecule has 0 aliphatic heterocycles. The monoisotopic (exact) mass is 465 g/mol. The zero-order chi connectivity index (χ0) is 22.3. The number of sulfonamides is 1. The summed E-state index contributed by atoms with van der Waals surface area (Å²) in [6.07, 6.45) is 0. The van der Waals surface area contributed by atoms with Gasteiger partial charge in [0, 0.05) is 0 Å². The lowest BCUT2D eigenvalue weighted by Gasteiger charge is -2.19. The molecule has 1 N–H and O–H groups in total. The van der Waals surface area contributed by atoms with Gasteiger partial charge in [0.2, 0.25) is 0 Å². The number of aryl methyl sites for hydroxylation is 1. The SMILES string of the molecule is Cc1nn(Cc2ccc(Cl)c(Cl)c2)c(C)c1NS(=O)(=O)c1ccc(C(C)(C)C)cc1. The number of aromatic nitrogens is 2. The van der Waals surface area contributed by atoms with Crippen LogP contribution in [-0.2, 0) is 22.0 Å². The lowest BCUT2D eigenvalue weighted by atomic mass is 9.87. The van der Waals surface area contributed by atoms with Crippen molar-refractivity contribution in [1.29, 1.82) is 0 Å². The molecule has 0 radical (unpaired) electrons. The van der Waals surface area contributed by atoms with Crippen molar-refractivity contribution < 1.29 is 8.42 Å². The summed E-state index contributed by atoms with van der Waals surface area (Å²) < 4.78 is 30.3. The van der Waals surface area contributed by atoms with E-state index >= 15 is 0 Å². The van der Waals surface area contributed by atoms with Crippen molar-refractivity contribution in [2.45, 2.75) is 51.5 Å². The van der Waals surface area contributed by atoms with Gasteiger partial charge in [-0.2, -0.15) is 5.10 Å². The molecule has 0 unspecified atom stereocenters. The van der Waals surface area contributed by atoms with E-state index in [-0.39, 0.29) is 10.3 Å². The largest absolute Gasteiger partial charge is 0.276 e. The highest BCUT2D eigenvalue weighted by Gasteiger charge is 2.21. The summed E-state index contributed by atoms with van der Waals surface area (Å²) in [6, 6.07) is 12.3. The Bertz CT molecular complexity index is 1180. The van der Waals surface area contributed by atoms with E-state index in [1.54, 1.807) is 35.9 Å². The highest BCUT2D eigenvalue weighted by Crippen LogP contribution is 2.28. The molecule has 0 amide bonds. The highest BCUT2D eigenvalue weighted by molar-refractivity contribution is 7.92. The zero-order valence-corrected chi connectivity index (χ0v) is 20.0. The maximum Gasteiger partial charge on any atom is 0.262 e. The first-order chi connectivity index (χ1) is 13.9. The van der Waals surface area contributed by atoms with Gasteiger partial charge in [0.15, 0.2) is 0 Å². The number of hydrogen-bond donors (Lipinski definition) is 1. The van der Waals surface area contributed by atoms with Crippen molar-refractivity contribution in [2.75, 3.05) is 4.72 Å². The molecule has 1 aromatic heterocycles. The molecule has 0 aliphatic rings. The first kappa shape index (κ1) is 22.7. The van der Waals surface area contributed by atoms with Crippen LogP contribution in [0.3, 0.4) is 0 Å². The van der Waals surface area contributed by atoms with Crippen molar-refractivity contribution in [3.8, 4) is 0 Å². The van der Waals surface area contributed by atoms with Crippen molar-refractivity contribution in [2.24, 2.45) is 0 Å². The van der Waals surface area contributed by atoms with E-state index < -0.39 is 10.0 Å². The molecule has 2 aromatic carbocycles. The Balaban J connectivity index is 1.86. The normalized spacial score (nSPS) is 12.2. The second kappa shape index (κ2) is 8.25. The van der Waals surface area contributed by atoms with Crippen LogP contribution in [0, 0.1) is 13.8 Å². The standard InChI is InChI=1S/C22H25Cl2N3O2S/c1-14-21(15(2)27(25-14)13-16-6-11-19(23)20(24)12-16)26-30(28,29)18-9-7-17(8-10-18)22(3,4)5/h6-12,26H,13H2,1-5H3. The number of nitrogens with one attached hydrogen (secondary N) is 1. The maximum atomic E-state index is 12.9. The minimum atomic E-state index is -3.73. The highest BCUT2D eigenvalue weighted by atomic mass is 35.5. The van der Waals surface area contributed by atoms with E-state index in [0.29, 0.717) is 33.7 Å². The minimum absolute atomic E-state index is 0.0470. The first-order valence-corrected chi connectivity index (χ1v) is 11.7. The van der Waals surface area contributed by atoms with Gasteiger partial charge in [-0.15, -0.1) is 0 Å². The van der Waals surface area contributed by atoms with Crippen molar-refractivity contribution in [1.82, 2.24) is 9.78 Å². The lowest BCUT2D eigenvalue weighted by Crippen LogP contribution is -2.15. The lowest BCUT2D eigenvalue weighted by molar-refractivity contribution is 0.587. The predicted octanol–water partition coefficient (Wildman–Crippen LogP) is 5.95. The van der Waals surface area contributed by atoms with E-state index in [9.17, 15) is 8.42 Å². The summed E-state index contributed by atoms with van der Waals surface area (Å²) in [6.45, 7) is 10.3. The van der Waals surface area contributed by atoms with Crippen molar-refractivity contribution >= 4 is 38.9 Å². The van der Waals surface area contributed by atoms with Gasteiger partial charge in [-0.1, -0.05) is 62.2 Å². The fourth-order valence-corrected chi connectivity index (χ4v) is 4.63. The quantitative estimate of drug-likeness (QED) is 0.505. The Labute approximate surface area is 188 Å². The van der Waals surface area contributed by atoms with Crippen molar-refractivity contribution in [3.63, 3.8) is 0 Å². The molecule has 30 heavy (non-hydrogen) atoms. The van der Waals surface area contributed by atoms with Crippen LogP contribution in [0.1, 0.15) is 43.3 Å². The number of nitrogens with zero attached hydrogens (tertiary/aromatic N) is 2. The topological polar surface area (TPSA) is 64.0 Å². The van der Waals surface area contributed by atoms with Gasteiger partial charge in [0.1, 0.15) is 0 Å². The first-order valence-electron chi connectivity index (χ1n) is 9.50. The van der Waals surface area contributed by atoms with Crippen LogP contribution < -0.4 is 4.72 Å². The third kappa shape index (κ3) is 4.82. The fourth-order valence-electron chi connectivity index (χ4n) is 3.14. The van der Waals surface area contributed by atoms with Gasteiger partial charge >= 0.3 is 0 Å². The zero-order valence-electron chi connectivity index (χ0n) is 17.6. The summed E-state index contributed by atoms with van der Waals surface area (Å²) in [7, 11) is -3.73.